The molecule has 0 unspecified atom stereocenters. The van der Waals surface area contributed by atoms with Crippen molar-refractivity contribution in [1.29, 1.82) is 0 Å². The lowest BCUT2D eigenvalue weighted by atomic mass is 10.0. The van der Waals surface area contributed by atoms with E-state index in [0.29, 0.717) is 5.56 Å². The number of hydrogen-bond acceptors (Lipinski definition) is 0. The van der Waals surface area contributed by atoms with Gasteiger partial charge in [0.25, 0.3) is 0 Å². The van der Waals surface area contributed by atoms with Gasteiger partial charge in [-0.15, -0.1) is 0 Å². The van der Waals surface area contributed by atoms with Gasteiger partial charge in [-0.05, 0) is 30.2 Å². The van der Waals surface area contributed by atoms with E-state index in [-0.39, 0.29) is 0 Å². The largest absolute Gasteiger partial charge is 0.207 e. The minimum Gasteiger partial charge on any atom is -0.207 e. The normalized spacial score (nSPS) is 10.3. The summed E-state index contributed by atoms with van der Waals surface area (Å²) in [5.41, 5.74) is 1.98. The molecule has 1 radical (unpaired) electrons. The van der Waals surface area contributed by atoms with Crippen molar-refractivity contribution in [3.63, 3.8) is 0 Å². The summed E-state index contributed by atoms with van der Waals surface area (Å²) in [4.78, 5) is 0. The van der Waals surface area contributed by atoms with Crippen molar-refractivity contribution in [3.8, 4) is 11.1 Å². The first-order valence-corrected chi connectivity index (χ1v) is 4.54. The maximum atomic E-state index is 13.4. The Morgan fingerprint density at radius 1 is 0.867 bits per heavy atom. The fourth-order valence-corrected chi connectivity index (χ4v) is 1.41. The molecule has 0 nitrogen and oxygen atoms in total. The second-order valence-electron chi connectivity index (χ2n) is 3.32. The summed E-state index contributed by atoms with van der Waals surface area (Å²) in [5, 5.41) is 0. The summed E-state index contributed by atoms with van der Waals surface area (Å²) in [5.74, 6) is -1.11. The van der Waals surface area contributed by atoms with Gasteiger partial charge in [-0.3, -0.25) is 0 Å². The Morgan fingerprint density at radius 2 is 1.53 bits per heavy atom. The van der Waals surface area contributed by atoms with Crippen molar-refractivity contribution in [3.05, 3.63) is 66.6 Å². The molecule has 0 atom stereocenters. The van der Waals surface area contributed by atoms with Crippen molar-refractivity contribution in [1.82, 2.24) is 0 Å². The maximum Gasteiger partial charge on any atom is 0.133 e. The highest BCUT2D eigenvalue weighted by molar-refractivity contribution is 5.64. The molecule has 0 aromatic heterocycles. The monoisotopic (exact) mass is 203 g/mol. The third kappa shape index (κ3) is 2.04. The number of hydrogen-bond donors (Lipinski definition) is 0. The van der Waals surface area contributed by atoms with E-state index in [9.17, 15) is 8.78 Å². The van der Waals surface area contributed by atoms with E-state index in [4.69, 9.17) is 0 Å². The Kier molecular flexibility index (Phi) is 2.50. The SMILES string of the molecule is [CH2]c1ccc(-c2ccc(F)cc2F)cc1. The first kappa shape index (κ1) is 9.84. The van der Waals surface area contributed by atoms with Crippen LogP contribution in [0.4, 0.5) is 8.78 Å². The van der Waals surface area contributed by atoms with Gasteiger partial charge in [0.15, 0.2) is 0 Å². The van der Waals surface area contributed by atoms with E-state index in [1.54, 1.807) is 24.3 Å². The minimum absolute atomic E-state index is 0.399. The number of benzene rings is 2. The van der Waals surface area contributed by atoms with Crippen LogP contribution in [0.3, 0.4) is 0 Å². The predicted octanol–water partition coefficient (Wildman–Crippen LogP) is 3.81. The molecule has 2 aromatic carbocycles. The van der Waals surface area contributed by atoms with Gasteiger partial charge in [-0.2, -0.15) is 0 Å². The van der Waals surface area contributed by atoms with Crippen molar-refractivity contribution >= 4 is 0 Å². The van der Waals surface area contributed by atoms with Crippen LogP contribution in [0.1, 0.15) is 5.56 Å². The van der Waals surface area contributed by atoms with Crippen molar-refractivity contribution in [2.75, 3.05) is 0 Å². The number of halogens is 2. The Bertz CT molecular complexity index is 472. The molecule has 0 saturated carbocycles. The quantitative estimate of drug-likeness (QED) is 0.661. The van der Waals surface area contributed by atoms with Gasteiger partial charge in [0.2, 0.25) is 0 Å². The van der Waals surface area contributed by atoms with E-state index in [1.807, 2.05) is 0 Å². The van der Waals surface area contributed by atoms with Crippen LogP contribution in [0.15, 0.2) is 42.5 Å². The van der Waals surface area contributed by atoms with Crippen LogP contribution >= 0.6 is 0 Å². The summed E-state index contributed by atoms with van der Waals surface area (Å²) < 4.78 is 26.1. The van der Waals surface area contributed by atoms with Crippen LogP contribution in [-0.2, 0) is 0 Å². The molecule has 0 bridgehead atoms. The Morgan fingerprint density at radius 3 is 2.13 bits per heavy atom. The molecule has 0 spiro atoms. The van der Waals surface area contributed by atoms with Gasteiger partial charge >= 0.3 is 0 Å². The van der Waals surface area contributed by atoms with E-state index in [2.05, 4.69) is 6.92 Å². The Labute approximate surface area is 87.2 Å². The van der Waals surface area contributed by atoms with Crippen molar-refractivity contribution < 1.29 is 8.78 Å². The average Bonchev–Trinajstić information content (AvgIpc) is 2.20. The molecule has 0 aliphatic rings. The van der Waals surface area contributed by atoms with Gasteiger partial charge in [0.1, 0.15) is 11.6 Å². The van der Waals surface area contributed by atoms with Crippen molar-refractivity contribution in [2.45, 2.75) is 0 Å². The first-order chi connectivity index (χ1) is 7.16. The summed E-state index contributed by atoms with van der Waals surface area (Å²) in [6.07, 6.45) is 0. The topological polar surface area (TPSA) is 0 Å². The summed E-state index contributed by atoms with van der Waals surface area (Å²) in [6, 6.07) is 10.7. The Hall–Kier alpha value is -1.70. The van der Waals surface area contributed by atoms with Gasteiger partial charge in [0.05, 0.1) is 0 Å². The van der Waals surface area contributed by atoms with Crippen LogP contribution in [0, 0.1) is 18.6 Å². The average molecular weight is 203 g/mol. The molecule has 0 saturated heterocycles. The van der Waals surface area contributed by atoms with Gasteiger partial charge in [0, 0.05) is 11.6 Å². The molecule has 0 aliphatic carbocycles. The Balaban J connectivity index is 2.49. The van der Waals surface area contributed by atoms with Crippen LogP contribution in [0.5, 0.6) is 0 Å². The molecule has 2 aromatic rings. The van der Waals surface area contributed by atoms with Crippen LogP contribution in [0.25, 0.3) is 11.1 Å². The molecule has 15 heavy (non-hydrogen) atoms. The predicted molar refractivity (Wildman–Crippen MR) is 56.3 cm³/mol. The zero-order valence-corrected chi connectivity index (χ0v) is 8.00. The summed E-state index contributed by atoms with van der Waals surface area (Å²) in [6.45, 7) is 3.74. The molecule has 0 N–H and O–H groups in total. The fourth-order valence-electron chi connectivity index (χ4n) is 1.41. The second-order valence-corrected chi connectivity index (χ2v) is 3.32. The summed E-state index contributed by atoms with van der Waals surface area (Å²) >= 11 is 0. The minimum atomic E-state index is -0.565. The van der Waals surface area contributed by atoms with Crippen LogP contribution < -0.4 is 0 Å². The molecule has 2 rings (SSSR count). The van der Waals surface area contributed by atoms with Gasteiger partial charge in [-0.1, -0.05) is 24.3 Å². The lowest BCUT2D eigenvalue weighted by Gasteiger charge is -2.03. The molecule has 2 heteroatoms. The van der Waals surface area contributed by atoms with E-state index >= 15 is 0 Å². The molecule has 0 heterocycles. The van der Waals surface area contributed by atoms with Crippen LogP contribution in [-0.4, -0.2) is 0 Å². The van der Waals surface area contributed by atoms with Gasteiger partial charge < -0.3 is 0 Å². The highest BCUT2D eigenvalue weighted by Crippen LogP contribution is 2.23. The van der Waals surface area contributed by atoms with E-state index in [1.165, 1.54) is 12.1 Å². The van der Waals surface area contributed by atoms with E-state index in [0.717, 1.165) is 17.2 Å². The second kappa shape index (κ2) is 3.81. The maximum absolute atomic E-state index is 13.4. The molecular weight excluding hydrogens is 194 g/mol. The third-order valence-electron chi connectivity index (χ3n) is 2.20. The zero-order valence-electron chi connectivity index (χ0n) is 8.00. The molecular formula is C13H9F2. The standard InChI is InChI=1S/C13H9F2/c1-9-2-4-10(5-3-9)12-7-6-11(14)8-13(12)15/h2-8H,1H2. The third-order valence-corrected chi connectivity index (χ3v) is 2.20. The van der Waals surface area contributed by atoms with Crippen LogP contribution in [0.2, 0.25) is 0 Å². The zero-order chi connectivity index (χ0) is 10.8. The number of rotatable bonds is 1. The van der Waals surface area contributed by atoms with E-state index < -0.39 is 11.6 Å². The summed E-state index contributed by atoms with van der Waals surface area (Å²) in [7, 11) is 0. The van der Waals surface area contributed by atoms with Gasteiger partial charge in [-0.25, -0.2) is 8.78 Å². The molecule has 0 amide bonds. The lowest BCUT2D eigenvalue weighted by Crippen LogP contribution is -1.86. The molecule has 0 fully saturated rings. The fraction of sp³-hybridized carbons (Fsp3) is 0. The molecule has 75 valence electrons. The first-order valence-electron chi connectivity index (χ1n) is 4.54. The highest BCUT2D eigenvalue weighted by Gasteiger charge is 2.05. The smallest absolute Gasteiger partial charge is 0.133 e. The molecule has 0 aliphatic heterocycles. The van der Waals surface area contributed by atoms with Crippen molar-refractivity contribution in [2.24, 2.45) is 0 Å². The lowest BCUT2D eigenvalue weighted by molar-refractivity contribution is 0.585. The highest BCUT2D eigenvalue weighted by atomic mass is 19.1.